The Morgan fingerprint density at radius 2 is 1.69 bits per heavy atom. The summed E-state index contributed by atoms with van der Waals surface area (Å²) in [5.74, 6) is 1.44. The van der Waals surface area contributed by atoms with Crippen LogP contribution in [0.1, 0.15) is 108 Å². The minimum Gasteiger partial charge on any atom is -0.289 e. The van der Waals surface area contributed by atoms with Crippen LogP contribution in [0.4, 0.5) is 0 Å². The first-order chi connectivity index (χ1) is 20.4. The van der Waals surface area contributed by atoms with Gasteiger partial charge in [0.05, 0.1) is 11.4 Å². The standard InChI is InChI=1S/C26H25N2O.C7H9N.C3H8.C2H6/c1-15(16-3-4-16)24-14-25(28(2)27-24)19-8-10-23-20(12-19)13-21(26(29)17-5-6-17)11-18-7-9-22(18)23;1-2-7-3-5-8-6-4-7;1-3-2;1-2/h5-6,8,10,12-14,18,22H,3-4,7,9,11H2,1-2H3;3-6H,2H2,1H3;3H2,1-2H3;1-2H3. The third kappa shape index (κ3) is 7.45. The summed E-state index contributed by atoms with van der Waals surface area (Å²) in [6, 6.07) is 13.1. The Labute approximate surface area is 253 Å². The molecule has 221 valence electrons. The largest absolute Gasteiger partial charge is 0.289 e. The molecule has 4 heteroatoms. The highest BCUT2D eigenvalue weighted by molar-refractivity contribution is 6.16. The van der Waals surface area contributed by atoms with Crippen LogP contribution in [0.3, 0.4) is 0 Å². The van der Waals surface area contributed by atoms with Crippen molar-refractivity contribution in [2.45, 2.75) is 92.4 Å². The SMILES string of the molecule is CC.CC(=C1CC1)c1cc(-c2ccc3c(c2)C=C(C(=O)C2=C[CH]2)CC2CCC32)n(C)n1.CCC.CCc1ccncc1. The van der Waals surface area contributed by atoms with Crippen LogP contribution in [0, 0.1) is 12.3 Å². The number of hydrogen-bond donors (Lipinski definition) is 0. The van der Waals surface area contributed by atoms with E-state index in [2.05, 4.69) is 63.0 Å². The number of pyridine rings is 1. The van der Waals surface area contributed by atoms with E-state index >= 15 is 0 Å². The van der Waals surface area contributed by atoms with Gasteiger partial charge in [0.2, 0.25) is 0 Å². The number of aryl methyl sites for hydroxylation is 2. The first-order valence-corrected chi connectivity index (χ1v) is 16.0. The van der Waals surface area contributed by atoms with Crippen LogP contribution in [0.5, 0.6) is 0 Å². The van der Waals surface area contributed by atoms with Crippen molar-refractivity contribution in [3.8, 4) is 11.3 Å². The predicted molar refractivity (Wildman–Crippen MR) is 177 cm³/mol. The summed E-state index contributed by atoms with van der Waals surface area (Å²) >= 11 is 0. The van der Waals surface area contributed by atoms with Crippen LogP contribution in [0.2, 0.25) is 0 Å². The summed E-state index contributed by atoms with van der Waals surface area (Å²) in [6.45, 7) is 12.6. The molecule has 2 fully saturated rings. The van der Waals surface area contributed by atoms with E-state index in [1.807, 2.05) is 62.6 Å². The zero-order chi connectivity index (χ0) is 30.2. The molecule has 42 heavy (non-hydrogen) atoms. The minimum absolute atomic E-state index is 0.225. The van der Waals surface area contributed by atoms with E-state index in [1.54, 1.807) is 0 Å². The summed E-state index contributed by atoms with van der Waals surface area (Å²) in [4.78, 5) is 16.7. The number of aromatic nitrogens is 3. The number of Topliss-reactive ketones (excluding diaryl/α,β-unsaturated/α-hetero) is 1. The molecule has 4 aliphatic carbocycles. The van der Waals surface area contributed by atoms with Gasteiger partial charge in [-0.15, -0.1) is 0 Å². The van der Waals surface area contributed by atoms with Crippen molar-refractivity contribution >= 4 is 17.4 Å². The fourth-order valence-corrected chi connectivity index (χ4v) is 5.64. The number of benzene rings is 1. The van der Waals surface area contributed by atoms with Gasteiger partial charge in [-0.2, -0.15) is 5.10 Å². The number of rotatable bonds is 5. The van der Waals surface area contributed by atoms with E-state index in [4.69, 9.17) is 5.10 Å². The van der Waals surface area contributed by atoms with Gasteiger partial charge in [0, 0.05) is 42.6 Å². The molecule has 1 aromatic carbocycles. The molecule has 0 N–H and O–H groups in total. The van der Waals surface area contributed by atoms with E-state index in [1.165, 1.54) is 65.5 Å². The normalized spacial score (nSPS) is 18.8. The van der Waals surface area contributed by atoms with Crippen LogP contribution in [-0.4, -0.2) is 20.5 Å². The Hall–Kier alpha value is -3.53. The molecule has 2 heterocycles. The van der Waals surface area contributed by atoms with Gasteiger partial charge in [-0.05, 0) is 110 Å². The Kier molecular flexibility index (Phi) is 10.9. The maximum absolute atomic E-state index is 12.8. The maximum Gasteiger partial charge on any atom is 0.185 e. The molecule has 7 rings (SSSR count). The average Bonchev–Trinajstić information content (AvgIpc) is 3.93. The fourth-order valence-electron chi connectivity index (χ4n) is 5.64. The topological polar surface area (TPSA) is 47.8 Å². The zero-order valence-electron chi connectivity index (χ0n) is 26.7. The summed E-state index contributed by atoms with van der Waals surface area (Å²) in [5, 5.41) is 4.77. The highest BCUT2D eigenvalue weighted by Gasteiger charge is 2.37. The molecule has 3 aromatic rings. The Bertz CT molecular complexity index is 1470. The Balaban J connectivity index is 0.000000263. The highest BCUT2D eigenvalue weighted by atomic mass is 16.1. The van der Waals surface area contributed by atoms with Gasteiger partial charge < -0.3 is 0 Å². The van der Waals surface area contributed by atoms with Crippen molar-refractivity contribution in [1.82, 2.24) is 14.8 Å². The smallest absolute Gasteiger partial charge is 0.185 e. The second kappa shape index (κ2) is 14.6. The van der Waals surface area contributed by atoms with Gasteiger partial charge in [0.25, 0.3) is 0 Å². The number of allylic oxidation sites excluding steroid dienone is 5. The van der Waals surface area contributed by atoms with Crippen molar-refractivity contribution < 1.29 is 4.79 Å². The average molecular weight is 563 g/mol. The lowest BCUT2D eigenvalue weighted by Crippen LogP contribution is -2.24. The van der Waals surface area contributed by atoms with Crippen LogP contribution < -0.4 is 0 Å². The third-order valence-corrected chi connectivity index (χ3v) is 8.35. The molecular weight excluding hydrogens is 514 g/mol. The molecule has 1 radical (unpaired) electrons. The molecule has 2 unspecified atom stereocenters. The van der Waals surface area contributed by atoms with Gasteiger partial charge >= 0.3 is 0 Å². The molecule has 0 amide bonds. The van der Waals surface area contributed by atoms with E-state index in [-0.39, 0.29) is 5.78 Å². The van der Waals surface area contributed by atoms with Crippen LogP contribution >= 0.6 is 0 Å². The molecule has 0 aliphatic heterocycles. The van der Waals surface area contributed by atoms with Crippen molar-refractivity contribution in [3.63, 3.8) is 0 Å². The van der Waals surface area contributed by atoms with Gasteiger partial charge in [-0.1, -0.05) is 64.8 Å². The minimum atomic E-state index is 0.225. The second-order valence-corrected chi connectivity index (χ2v) is 11.5. The van der Waals surface area contributed by atoms with E-state index in [0.29, 0.717) is 11.8 Å². The van der Waals surface area contributed by atoms with Gasteiger partial charge in [-0.25, -0.2) is 0 Å². The molecule has 0 spiro atoms. The summed E-state index contributed by atoms with van der Waals surface area (Å²) in [6.07, 6.45) is 17.8. The number of ketones is 1. The van der Waals surface area contributed by atoms with Crippen molar-refractivity contribution in [1.29, 1.82) is 0 Å². The molecule has 0 bridgehead atoms. The summed E-state index contributed by atoms with van der Waals surface area (Å²) in [7, 11) is 2.03. The predicted octanol–water partition coefficient (Wildman–Crippen LogP) is 9.73. The quantitative estimate of drug-likeness (QED) is 0.311. The highest BCUT2D eigenvalue weighted by Crippen LogP contribution is 2.50. The maximum atomic E-state index is 12.8. The first-order valence-electron chi connectivity index (χ1n) is 16.0. The Morgan fingerprint density at radius 1 is 1.00 bits per heavy atom. The molecule has 2 aromatic heterocycles. The van der Waals surface area contributed by atoms with Crippen LogP contribution in [0.15, 0.2) is 71.6 Å². The number of fused-ring (bicyclic) bond motifs is 3. The van der Waals surface area contributed by atoms with Gasteiger partial charge in [0.1, 0.15) is 0 Å². The molecule has 2 atom stereocenters. The zero-order valence-corrected chi connectivity index (χ0v) is 26.7. The lowest BCUT2D eigenvalue weighted by atomic mass is 9.68. The Morgan fingerprint density at radius 3 is 2.24 bits per heavy atom. The number of hydrogen-bond acceptors (Lipinski definition) is 3. The second-order valence-electron chi connectivity index (χ2n) is 11.5. The van der Waals surface area contributed by atoms with E-state index in [0.717, 1.165) is 35.4 Å². The third-order valence-electron chi connectivity index (χ3n) is 8.35. The van der Waals surface area contributed by atoms with Gasteiger partial charge in [0.15, 0.2) is 5.78 Å². The van der Waals surface area contributed by atoms with Crippen LogP contribution in [-0.2, 0) is 18.3 Å². The van der Waals surface area contributed by atoms with E-state index < -0.39 is 0 Å². The molecular formula is C38H48N3O. The molecule has 2 saturated carbocycles. The van der Waals surface area contributed by atoms with E-state index in [9.17, 15) is 4.79 Å². The molecule has 0 saturated heterocycles. The molecule has 4 aliphatic rings. The lowest BCUT2D eigenvalue weighted by Gasteiger charge is -2.37. The molecule has 4 nitrogen and oxygen atoms in total. The number of nitrogens with zero attached hydrogens (tertiary/aromatic N) is 3. The van der Waals surface area contributed by atoms with Crippen molar-refractivity contribution in [2.75, 3.05) is 0 Å². The van der Waals surface area contributed by atoms with Crippen LogP contribution in [0.25, 0.3) is 22.9 Å². The monoisotopic (exact) mass is 562 g/mol. The fraction of sp³-hybridized carbons (Fsp3) is 0.421. The summed E-state index contributed by atoms with van der Waals surface area (Å²) < 4.78 is 1.99. The lowest BCUT2D eigenvalue weighted by molar-refractivity contribution is -0.112. The summed E-state index contributed by atoms with van der Waals surface area (Å²) in [5.41, 5.74) is 12.1. The van der Waals surface area contributed by atoms with Crippen molar-refractivity contribution in [2.24, 2.45) is 13.0 Å². The number of carbonyl (C=O) groups is 1. The first kappa shape index (κ1) is 31.4. The number of carbonyl (C=O) groups excluding carboxylic acids is 1. The van der Waals surface area contributed by atoms with Crippen molar-refractivity contribution in [3.05, 3.63) is 100 Å². The van der Waals surface area contributed by atoms with Gasteiger partial charge in [-0.3, -0.25) is 14.5 Å².